The highest BCUT2D eigenvalue weighted by molar-refractivity contribution is 7.14. The molecule has 3 aromatic rings. The van der Waals surface area contributed by atoms with Crippen LogP contribution in [0.15, 0.2) is 33.9 Å². The summed E-state index contributed by atoms with van der Waals surface area (Å²) in [5.41, 5.74) is 1.65. The first-order valence-corrected chi connectivity index (χ1v) is 7.77. The Bertz CT molecular complexity index is 878. The minimum Gasteiger partial charge on any atom is -0.508 e. The van der Waals surface area contributed by atoms with Crippen LogP contribution in [0, 0.1) is 0 Å². The van der Waals surface area contributed by atoms with Crippen LogP contribution in [0.4, 0.5) is 10.8 Å². The van der Waals surface area contributed by atoms with E-state index in [0.717, 1.165) is 38.8 Å². The van der Waals surface area contributed by atoms with Gasteiger partial charge in [0.05, 0.1) is 16.5 Å². The molecule has 21 heavy (non-hydrogen) atoms. The van der Waals surface area contributed by atoms with E-state index in [4.69, 9.17) is 0 Å². The van der Waals surface area contributed by atoms with E-state index in [9.17, 15) is 14.7 Å². The number of phenols is 1. The van der Waals surface area contributed by atoms with Crippen molar-refractivity contribution in [3.8, 4) is 5.75 Å². The van der Waals surface area contributed by atoms with Crippen molar-refractivity contribution < 1.29 is 5.11 Å². The van der Waals surface area contributed by atoms with Crippen LogP contribution in [0.5, 0.6) is 5.75 Å². The fourth-order valence-corrected chi connectivity index (χ4v) is 4.21. The average molecular weight is 319 g/mol. The van der Waals surface area contributed by atoms with E-state index in [1.807, 2.05) is 0 Å². The van der Waals surface area contributed by atoms with E-state index in [1.165, 1.54) is 0 Å². The van der Waals surface area contributed by atoms with Crippen LogP contribution in [0.1, 0.15) is 22.1 Å². The third-order valence-corrected chi connectivity index (χ3v) is 5.13. The summed E-state index contributed by atoms with van der Waals surface area (Å²) >= 11 is 2.19. The number of fused-ring (bicyclic) bond motifs is 2. The second-order valence-corrected chi connectivity index (χ2v) is 6.66. The number of aromatic amines is 2. The normalized spacial score (nSPS) is 16.1. The second kappa shape index (κ2) is 4.34. The topological polar surface area (TPSA) is 98.0 Å². The Labute approximate surface area is 125 Å². The van der Waals surface area contributed by atoms with Gasteiger partial charge in [0.25, 0.3) is 0 Å². The van der Waals surface area contributed by atoms with Gasteiger partial charge in [0.1, 0.15) is 16.6 Å². The molecular formula is C13H9N3O3S2. The molecule has 1 aromatic carbocycles. The summed E-state index contributed by atoms with van der Waals surface area (Å²) in [6, 6.07) is 6.77. The summed E-state index contributed by atoms with van der Waals surface area (Å²) in [4.78, 5) is 29.4. The van der Waals surface area contributed by atoms with Gasteiger partial charge in [0.15, 0.2) is 0 Å². The molecule has 1 aliphatic heterocycles. The van der Waals surface area contributed by atoms with Crippen molar-refractivity contribution in [2.75, 3.05) is 5.32 Å². The highest BCUT2D eigenvalue weighted by Gasteiger charge is 2.32. The van der Waals surface area contributed by atoms with E-state index >= 15 is 0 Å². The Morgan fingerprint density at radius 3 is 2.48 bits per heavy atom. The number of rotatable bonds is 1. The molecule has 106 valence electrons. The molecule has 3 heterocycles. The smallest absolute Gasteiger partial charge is 0.306 e. The minimum atomic E-state index is -0.222. The van der Waals surface area contributed by atoms with Crippen LogP contribution in [0.2, 0.25) is 0 Å². The number of H-pyrrole nitrogens is 2. The lowest BCUT2D eigenvalue weighted by Crippen LogP contribution is -2.12. The first-order chi connectivity index (χ1) is 10.1. The number of aromatic hydroxyl groups is 1. The van der Waals surface area contributed by atoms with E-state index < -0.39 is 0 Å². The lowest BCUT2D eigenvalue weighted by Gasteiger charge is -2.22. The summed E-state index contributed by atoms with van der Waals surface area (Å²) in [7, 11) is 0. The molecule has 0 spiro atoms. The molecule has 0 radical (unpaired) electrons. The third-order valence-electron chi connectivity index (χ3n) is 3.37. The van der Waals surface area contributed by atoms with Crippen LogP contribution in [0.25, 0.3) is 0 Å². The van der Waals surface area contributed by atoms with Gasteiger partial charge in [-0.3, -0.25) is 14.6 Å². The Kier molecular flexibility index (Phi) is 2.57. The number of hydrogen-bond donors (Lipinski definition) is 4. The molecule has 0 saturated carbocycles. The first kappa shape index (κ1) is 12.4. The molecule has 4 rings (SSSR count). The highest BCUT2D eigenvalue weighted by Crippen LogP contribution is 2.45. The number of anilines is 2. The SMILES string of the molecule is O=c1[nH]c2c(s1)Nc1[nH]c(=O)sc1C2c1ccc(O)cc1. The number of benzene rings is 1. The molecule has 4 N–H and O–H groups in total. The van der Waals surface area contributed by atoms with Crippen molar-refractivity contribution >= 4 is 33.5 Å². The maximum absolute atomic E-state index is 11.6. The second-order valence-electron chi connectivity index (χ2n) is 4.66. The predicted octanol–water partition coefficient (Wildman–Crippen LogP) is 2.13. The quantitative estimate of drug-likeness (QED) is 0.432. The summed E-state index contributed by atoms with van der Waals surface area (Å²) in [6.45, 7) is 0. The fraction of sp³-hybridized carbons (Fsp3) is 0.0769. The summed E-state index contributed by atoms with van der Waals surface area (Å²) < 4.78 is 0. The first-order valence-electron chi connectivity index (χ1n) is 6.14. The van der Waals surface area contributed by atoms with Crippen molar-refractivity contribution in [2.45, 2.75) is 5.92 Å². The van der Waals surface area contributed by atoms with Crippen molar-refractivity contribution in [3.05, 3.63) is 59.7 Å². The van der Waals surface area contributed by atoms with Gasteiger partial charge >= 0.3 is 9.75 Å². The molecule has 1 unspecified atom stereocenters. The lowest BCUT2D eigenvalue weighted by molar-refractivity contribution is 0.475. The van der Waals surface area contributed by atoms with Gasteiger partial charge in [-0.05, 0) is 17.7 Å². The van der Waals surface area contributed by atoms with Crippen LogP contribution in [0.3, 0.4) is 0 Å². The maximum Gasteiger partial charge on any atom is 0.306 e. The van der Waals surface area contributed by atoms with Gasteiger partial charge in [-0.2, -0.15) is 0 Å². The monoisotopic (exact) mass is 319 g/mol. The Hall–Kier alpha value is -2.32. The molecule has 6 nitrogen and oxygen atoms in total. The number of hydrogen-bond acceptors (Lipinski definition) is 6. The molecule has 0 fully saturated rings. The number of thiazole rings is 2. The number of nitrogens with one attached hydrogen (secondary N) is 3. The lowest BCUT2D eigenvalue weighted by atomic mass is 9.92. The zero-order valence-electron chi connectivity index (χ0n) is 10.5. The maximum atomic E-state index is 11.6. The highest BCUT2D eigenvalue weighted by atomic mass is 32.1. The van der Waals surface area contributed by atoms with Gasteiger partial charge < -0.3 is 15.4 Å². The van der Waals surface area contributed by atoms with Gasteiger partial charge in [-0.15, -0.1) is 0 Å². The van der Waals surface area contributed by atoms with Crippen LogP contribution >= 0.6 is 22.7 Å². The fourth-order valence-electron chi connectivity index (χ4n) is 2.50. The zero-order chi connectivity index (χ0) is 14.6. The zero-order valence-corrected chi connectivity index (χ0v) is 12.1. The van der Waals surface area contributed by atoms with Gasteiger partial charge in [-0.25, -0.2) is 0 Å². The van der Waals surface area contributed by atoms with E-state index in [1.54, 1.807) is 24.3 Å². The Balaban J connectivity index is 1.98. The summed E-state index contributed by atoms with van der Waals surface area (Å²) in [5.74, 6) is 0.583. The summed E-state index contributed by atoms with van der Waals surface area (Å²) in [5, 5.41) is 13.2. The van der Waals surface area contributed by atoms with Crippen LogP contribution in [-0.4, -0.2) is 15.1 Å². The number of phenolic OH excluding ortho intramolecular Hbond substituents is 1. The van der Waals surface area contributed by atoms with Crippen LogP contribution in [-0.2, 0) is 0 Å². The molecular weight excluding hydrogens is 310 g/mol. The molecule has 0 bridgehead atoms. The average Bonchev–Trinajstić information content (AvgIpc) is 2.97. The molecule has 0 amide bonds. The van der Waals surface area contributed by atoms with Gasteiger partial charge in [0.2, 0.25) is 0 Å². The van der Waals surface area contributed by atoms with E-state index in [2.05, 4.69) is 15.3 Å². The summed E-state index contributed by atoms with van der Waals surface area (Å²) in [6.07, 6.45) is 0. The van der Waals surface area contributed by atoms with E-state index in [0.29, 0.717) is 10.8 Å². The van der Waals surface area contributed by atoms with Gasteiger partial charge in [-0.1, -0.05) is 34.8 Å². The van der Waals surface area contributed by atoms with Crippen molar-refractivity contribution in [1.82, 2.24) is 9.97 Å². The molecule has 0 aliphatic carbocycles. The Morgan fingerprint density at radius 1 is 1.00 bits per heavy atom. The minimum absolute atomic E-state index is 0.145. The molecule has 1 aliphatic rings. The van der Waals surface area contributed by atoms with Gasteiger partial charge in [0, 0.05) is 0 Å². The van der Waals surface area contributed by atoms with Crippen LogP contribution < -0.4 is 15.1 Å². The molecule has 8 heteroatoms. The number of aromatic nitrogens is 2. The standard InChI is InChI=1S/C13H9N3O3S2/c17-6-3-1-5(2-4-6)7-8-11(21-12(18)14-8)15-10-9(7)20-13(19)16-10/h1-4,7,15,17H,(H,14,18)(H,16,19). The third kappa shape index (κ3) is 1.91. The predicted molar refractivity (Wildman–Crippen MR) is 82.2 cm³/mol. The molecule has 2 aromatic heterocycles. The molecule has 1 atom stereocenters. The van der Waals surface area contributed by atoms with Crippen molar-refractivity contribution in [2.24, 2.45) is 0 Å². The van der Waals surface area contributed by atoms with E-state index in [-0.39, 0.29) is 21.4 Å². The molecule has 0 saturated heterocycles. The Morgan fingerprint density at radius 2 is 1.71 bits per heavy atom. The van der Waals surface area contributed by atoms with Crippen molar-refractivity contribution in [1.29, 1.82) is 0 Å². The largest absolute Gasteiger partial charge is 0.508 e. The van der Waals surface area contributed by atoms with Crippen molar-refractivity contribution in [3.63, 3.8) is 0 Å².